The number of carbonyl (C=O) groups is 1. The lowest BCUT2D eigenvalue weighted by molar-refractivity contribution is -0.384. The van der Waals surface area contributed by atoms with Crippen LogP contribution >= 0.6 is 0 Å². The summed E-state index contributed by atoms with van der Waals surface area (Å²) >= 11 is 0. The Labute approximate surface area is 143 Å². The van der Waals surface area contributed by atoms with Crippen LogP contribution in [-0.2, 0) is 14.8 Å². The number of methoxy groups -OCH3 is 1. The van der Waals surface area contributed by atoms with Crippen molar-refractivity contribution in [2.45, 2.75) is 4.90 Å². The highest BCUT2D eigenvalue weighted by molar-refractivity contribution is 7.92. The van der Waals surface area contributed by atoms with Gasteiger partial charge in [0.1, 0.15) is 18.0 Å². The molecule has 0 saturated heterocycles. The fraction of sp³-hybridized carbons (Fsp3) is 0.133. The average molecular weight is 366 g/mol. The summed E-state index contributed by atoms with van der Waals surface area (Å²) in [5, 5.41) is 20.1. The van der Waals surface area contributed by atoms with Gasteiger partial charge < -0.3 is 9.84 Å². The number of carboxylic acids is 1. The van der Waals surface area contributed by atoms with Crippen molar-refractivity contribution in [2.75, 3.05) is 18.0 Å². The Morgan fingerprint density at radius 2 is 1.88 bits per heavy atom. The molecular formula is C15H14N2O7S. The highest BCUT2D eigenvalue weighted by Gasteiger charge is 2.30. The smallest absolute Gasteiger partial charge is 0.324 e. The number of carboxylic acid groups (broad SMARTS) is 1. The number of sulfonamides is 1. The zero-order valence-electron chi connectivity index (χ0n) is 13.0. The zero-order chi connectivity index (χ0) is 18.6. The molecule has 0 atom stereocenters. The molecule has 25 heavy (non-hydrogen) atoms. The van der Waals surface area contributed by atoms with Crippen LogP contribution in [-0.4, -0.2) is 38.1 Å². The Balaban J connectivity index is 2.68. The first-order valence-electron chi connectivity index (χ1n) is 6.89. The highest BCUT2D eigenvalue weighted by atomic mass is 32.2. The molecule has 0 bridgehead atoms. The molecule has 2 aromatic rings. The first kappa shape index (κ1) is 18.2. The van der Waals surface area contributed by atoms with Gasteiger partial charge in [0, 0.05) is 12.1 Å². The molecule has 2 rings (SSSR count). The SMILES string of the molecule is COc1ccc([N+](=O)[O-])cc1N(CC(=O)O)S(=O)(=O)c1ccccc1. The normalized spacial score (nSPS) is 10.9. The first-order chi connectivity index (χ1) is 11.8. The molecule has 0 fully saturated rings. The molecule has 0 aromatic heterocycles. The number of hydrogen-bond donors (Lipinski definition) is 1. The second-order valence-electron chi connectivity index (χ2n) is 4.83. The third kappa shape index (κ3) is 3.86. The molecular weight excluding hydrogens is 352 g/mol. The van der Waals surface area contributed by atoms with Gasteiger partial charge in [0.25, 0.3) is 15.7 Å². The molecule has 0 aliphatic heterocycles. The van der Waals surface area contributed by atoms with Gasteiger partial charge in [-0.1, -0.05) is 18.2 Å². The number of anilines is 1. The largest absolute Gasteiger partial charge is 0.495 e. The maximum atomic E-state index is 12.9. The van der Waals surface area contributed by atoms with Crippen LogP contribution in [0.2, 0.25) is 0 Å². The van der Waals surface area contributed by atoms with E-state index >= 15 is 0 Å². The van der Waals surface area contributed by atoms with Gasteiger partial charge in [-0.05, 0) is 18.2 Å². The lowest BCUT2D eigenvalue weighted by atomic mass is 10.2. The van der Waals surface area contributed by atoms with Crippen molar-refractivity contribution < 1.29 is 28.0 Å². The highest BCUT2D eigenvalue weighted by Crippen LogP contribution is 2.35. The molecule has 9 nitrogen and oxygen atoms in total. The number of nitro benzene ring substituents is 1. The lowest BCUT2D eigenvalue weighted by Gasteiger charge is -2.24. The van der Waals surface area contributed by atoms with Gasteiger partial charge in [-0.25, -0.2) is 8.42 Å². The molecule has 132 valence electrons. The summed E-state index contributed by atoms with van der Waals surface area (Å²) in [6.07, 6.45) is 0. The van der Waals surface area contributed by atoms with E-state index in [0.717, 1.165) is 12.1 Å². The molecule has 0 aliphatic carbocycles. The predicted molar refractivity (Wildman–Crippen MR) is 88.3 cm³/mol. The fourth-order valence-electron chi connectivity index (χ4n) is 2.13. The van der Waals surface area contributed by atoms with Crippen LogP contribution in [0.15, 0.2) is 53.4 Å². The van der Waals surface area contributed by atoms with Crippen LogP contribution in [0.5, 0.6) is 5.75 Å². The average Bonchev–Trinajstić information content (AvgIpc) is 2.59. The quantitative estimate of drug-likeness (QED) is 0.585. The monoisotopic (exact) mass is 366 g/mol. The van der Waals surface area contributed by atoms with E-state index in [-0.39, 0.29) is 16.3 Å². The number of hydrogen-bond acceptors (Lipinski definition) is 6. The van der Waals surface area contributed by atoms with E-state index in [1.807, 2.05) is 0 Å². The summed E-state index contributed by atoms with van der Waals surface area (Å²) in [5.74, 6) is -1.43. The van der Waals surface area contributed by atoms with Crippen molar-refractivity contribution in [3.05, 3.63) is 58.6 Å². The van der Waals surface area contributed by atoms with Crippen LogP contribution in [0.1, 0.15) is 0 Å². The maximum absolute atomic E-state index is 12.9. The van der Waals surface area contributed by atoms with Gasteiger partial charge in [0.2, 0.25) is 0 Å². The van der Waals surface area contributed by atoms with Crippen molar-refractivity contribution in [3.63, 3.8) is 0 Å². The van der Waals surface area contributed by atoms with Crippen LogP contribution in [0.4, 0.5) is 11.4 Å². The van der Waals surface area contributed by atoms with Gasteiger partial charge in [-0.15, -0.1) is 0 Å². The van der Waals surface area contributed by atoms with Crippen molar-refractivity contribution in [2.24, 2.45) is 0 Å². The Kier molecular flexibility index (Phi) is 5.22. The Bertz CT molecular complexity index is 897. The van der Waals surface area contributed by atoms with E-state index < -0.39 is 33.1 Å². The molecule has 0 radical (unpaired) electrons. The van der Waals surface area contributed by atoms with Crippen LogP contribution in [0.25, 0.3) is 0 Å². The molecule has 10 heteroatoms. The van der Waals surface area contributed by atoms with E-state index in [2.05, 4.69) is 0 Å². The minimum absolute atomic E-state index is 0.00800. The third-order valence-corrected chi connectivity index (χ3v) is 5.03. The number of benzene rings is 2. The van der Waals surface area contributed by atoms with E-state index in [9.17, 15) is 23.3 Å². The maximum Gasteiger partial charge on any atom is 0.324 e. The number of ether oxygens (including phenoxy) is 1. The van der Waals surface area contributed by atoms with E-state index in [1.54, 1.807) is 6.07 Å². The Hall–Kier alpha value is -3.14. The standard InChI is InChI=1S/C15H14N2O7S/c1-24-14-8-7-11(17(20)21)9-13(14)16(10-15(18)19)25(22,23)12-5-3-2-4-6-12/h2-9H,10H2,1H3,(H,18,19). The van der Waals surface area contributed by atoms with Crippen LogP contribution in [0.3, 0.4) is 0 Å². The molecule has 0 unspecified atom stereocenters. The summed E-state index contributed by atoms with van der Waals surface area (Å²) < 4.78 is 31.3. The summed E-state index contributed by atoms with van der Waals surface area (Å²) in [6.45, 7) is -0.922. The molecule has 0 heterocycles. The Morgan fingerprint density at radius 1 is 1.24 bits per heavy atom. The number of non-ortho nitro benzene ring substituents is 1. The van der Waals surface area contributed by atoms with Gasteiger partial charge in [-0.2, -0.15) is 0 Å². The molecule has 2 aromatic carbocycles. The Morgan fingerprint density at radius 3 is 2.40 bits per heavy atom. The van der Waals surface area contributed by atoms with Crippen LogP contribution < -0.4 is 9.04 Å². The minimum atomic E-state index is -4.27. The zero-order valence-corrected chi connectivity index (χ0v) is 13.8. The van der Waals surface area contributed by atoms with Gasteiger partial charge in [0.15, 0.2) is 0 Å². The third-order valence-electron chi connectivity index (χ3n) is 3.25. The first-order valence-corrected chi connectivity index (χ1v) is 8.33. The summed E-state index contributed by atoms with van der Waals surface area (Å²) in [6, 6.07) is 10.5. The van der Waals surface area contributed by atoms with Crippen molar-refractivity contribution in [3.8, 4) is 5.75 Å². The number of aliphatic carboxylic acids is 1. The van der Waals surface area contributed by atoms with Crippen molar-refractivity contribution in [1.29, 1.82) is 0 Å². The second-order valence-corrected chi connectivity index (χ2v) is 6.69. The predicted octanol–water partition coefficient (Wildman–Crippen LogP) is 1.88. The summed E-state index contributed by atoms with van der Waals surface area (Å²) in [5.41, 5.74) is -0.627. The second kappa shape index (κ2) is 7.18. The topological polar surface area (TPSA) is 127 Å². The van der Waals surface area contributed by atoms with Crippen molar-refractivity contribution >= 4 is 27.4 Å². The minimum Gasteiger partial charge on any atom is -0.495 e. The number of nitrogens with zero attached hydrogens (tertiary/aromatic N) is 2. The summed E-state index contributed by atoms with van der Waals surface area (Å²) in [4.78, 5) is 21.3. The molecule has 1 N–H and O–H groups in total. The van der Waals surface area contributed by atoms with Gasteiger partial charge >= 0.3 is 5.97 Å². The van der Waals surface area contributed by atoms with Crippen molar-refractivity contribution in [1.82, 2.24) is 0 Å². The van der Waals surface area contributed by atoms with E-state index in [4.69, 9.17) is 9.84 Å². The van der Waals surface area contributed by atoms with E-state index in [1.165, 1.54) is 37.4 Å². The molecule has 0 aliphatic rings. The summed E-state index contributed by atoms with van der Waals surface area (Å²) in [7, 11) is -3.03. The number of nitro groups is 1. The van der Waals surface area contributed by atoms with Crippen LogP contribution in [0, 0.1) is 10.1 Å². The molecule has 0 amide bonds. The van der Waals surface area contributed by atoms with Gasteiger partial charge in [-0.3, -0.25) is 19.2 Å². The lowest BCUT2D eigenvalue weighted by Crippen LogP contribution is -2.36. The fourth-order valence-corrected chi connectivity index (χ4v) is 3.57. The number of rotatable bonds is 7. The molecule has 0 spiro atoms. The van der Waals surface area contributed by atoms with Gasteiger partial charge in [0.05, 0.1) is 16.9 Å². The van der Waals surface area contributed by atoms with E-state index in [0.29, 0.717) is 4.31 Å². The molecule has 0 saturated carbocycles.